The Kier molecular flexibility index (Phi) is 4.32. The number of hydrogen-bond donors (Lipinski definition) is 1. The monoisotopic (exact) mass is 194 g/mol. The Labute approximate surface area is 85.0 Å². The molecule has 1 heterocycles. The molecule has 0 saturated carbocycles. The zero-order valence-electron chi connectivity index (χ0n) is 9.12. The number of hydrogen-bond acceptors (Lipinski definition) is 3. The van der Waals surface area contributed by atoms with Crippen LogP contribution >= 0.6 is 0 Å². The minimum absolute atomic E-state index is 1.03. The van der Waals surface area contributed by atoms with Crippen LogP contribution in [0, 0.1) is 0 Å². The molecule has 14 heavy (non-hydrogen) atoms. The first-order valence-corrected chi connectivity index (χ1v) is 4.98. The van der Waals surface area contributed by atoms with Crippen LogP contribution in [-0.2, 0) is 7.05 Å². The molecule has 1 N–H and O–H groups in total. The van der Waals surface area contributed by atoms with Crippen LogP contribution in [0.3, 0.4) is 0 Å². The second kappa shape index (κ2) is 5.54. The Morgan fingerprint density at radius 1 is 1.64 bits per heavy atom. The predicted molar refractivity (Wildman–Crippen MR) is 57.8 cm³/mol. The highest BCUT2D eigenvalue weighted by Gasteiger charge is 2.00. The Morgan fingerprint density at radius 2 is 2.43 bits per heavy atom. The lowest BCUT2D eigenvalue weighted by Crippen LogP contribution is -2.13. The molecule has 4 nitrogen and oxygen atoms in total. The first-order chi connectivity index (χ1) is 6.75. The molecule has 4 heteroatoms. The summed E-state index contributed by atoms with van der Waals surface area (Å²) in [6.45, 7) is 6.26. The minimum atomic E-state index is 1.03. The first kappa shape index (κ1) is 10.9. The van der Waals surface area contributed by atoms with Gasteiger partial charge in [0.05, 0.1) is 11.9 Å². The fourth-order valence-corrected chi connectivity index (χ4v) is 1.32. The van der Waals surface area contributed by atoms with Crippen LogP contribution in [0.2, 0.25) is 0 Å². The molecule has 0 spiro atoms. The topological polar surface area (TPSA) is 42.7 Å². The van der Waals surface area contributed by atoms with E-state index in [1.54, 1.807) is 10.9 Å². The van der Waals surface area contributed by atoms with Gasteiger partial charge in [-0.1, -0.05) is 18.2 Å². The molecule has 0 aliphatic carbocycles. The van der Waals surface area contributed by atoms with E-state index in [1.165, 1.54) is 5.57 Å². The molecule has 1 rings (SSSR count). The van der Waals surface area contributed by atoms with Gasteiger partial charge in [-0.3, -0.25) is 0 Å². The highest BCUT2D eigenvalue weighted by atomic mass is 15.4. The van der Waals surface area contributed by atoms with E-state index < -0.39 is 0 Å². The molecule has 0 amide bonds. The molecule has 1 aromatic rings. The Hall–Kier alpha value is -1.16. The lowest BCUT2D eigenvalue weighted by molar-refractivity contribution is 0.705. The summed E-state index contributed by atoms with van der Waals surface area (Å²) in [6.07, 6.45) is 5.05. The summed E-state index contributed by atoms with van der Waals surface area (Å²) in [4.78, 5) is 0. The SMILES string of the molecule is CCNCC/C=C(/C)c1cnnn1C. The zero-order valence-corrected chi connectivity index (χ0v) is 9.12. The van der Waals surface area contributed by atoms with E-state index in [2.05, 4.69) is 35.6 Å². The van der Waals surface area contributed by atoms with Gasteiger partial charge in [-0.25, -0.2) is 4.68 Å². The Bertz CT molecular complexity index is 301. The van der Waals surface area contributed by atoms with E-state index in [1.807, 2.05) is 7.05 Å². The molecule has 1 aromatic heterocycles. The summed E-state index contributed by atoms with van der Waals surface area (Å²) in [7, 11) is 1.91. The molecule has 0 saturated heterocycles. The van der Waals surface area contributed by atoms with Gasteiger partial charge in [-0.2, -0.15) is 0 Å². The van der Waals surface area contributed by atoms with Crippen molar-refractivity contribution in [1.29, 1.82) is 0 Å². The van der Waals surface area contributed by atoms with Crippen LogP contribution in [0.4, 0.5) is 0 Å². The van der Waals surface area contributed by atoms with Crippen LogP contribution in [0.1, 0.15) is 26.0 Å². The third-order valence-corrected chi connectivity index (χ3v) is 2.14. The molecule has 0 radical (unpaired) electrons. The molecule has 0 aromatic carbocycles. The summed E-state index contributed by atoms with van der Waals surface area (Å²) in [5, 5.41) is 11.0. The molecule has 0 unspecified atom stereocenters. The lowest BCUT2D eigenvalue weighted by atomic mass is 10.2. The number of nitrogens with zero attached hydrogens (tertiary/aromatic N) is 3. The average molecular weight is 194 g/mol. The molecule has 0 fully saturated rings. The Morgan fingerprint density at radius 3 is 3.00 bits per heavy atom. The fourth-order valence-electron chi connectivity index (χ4n) is 1.32. The van der Waals surface area contributed by atoms with Gasteiger partial charge in [-0.05, 0) is 32.0 Å². The van der Waals surface area contributed by atoms with E-state index in [-0.39, 0.29) is 0 Å². The zero-order chi connectivity index (χ0) is 10.4. The van der Waals surface area contributed by atoms with Gasteiger partial charge < -0.3 is 5.32 Å². The molecular formula is C10H18N4. The highest BCUT2D eigenvalue weighted by Crippen LogP contribution is 2.10. The van der Waals surface area contributed by atoms with E-state index in [9.17, 15) is 0 Å². The number of aromatic nitrogens is 3. The number of rotatable bonds is 5. The van der Waals surface area contributed by atoms with Gasteiger partial charge in [0.25, 0.3) is 0 Å². The van der Waals surface area contributed by atoms with Crippen molar-refractivity contribution < 1.29 is 0 Å². The van der Waals surface area contributed by atoms with Crippen molar-refractivity contribution in [1.82, 2.24) is 20.3 Å². The van der Waals surface area contributed by atoms with Crippen molar-refractivity contribution in [3.05, 3.63) is 18.0 Å². The molecule has 0 bridgehead atoms. The van der Waals surface area contributed by atoms with Gasteiger partial charge in [0, 0.05) is 7.05 Å². The van der Waals surface area contributed by atoms with Gasteiger partial charge in [-0.15, -0.1) is 5.10 Å². The second-order valence-corrected chi connectivity index (χ2v) is 3.27. The van der Waals surface area contributed by atoms with Gasteiger partial charge in [0.1, 0.15) is 0 Å². The summed E-state index contributed by atoms with van der Waals surface area (Å²) < 4.78 is 1.79. The van der Waals surface area contributed by atoms with Crippen molar-refractivity contribution in [3.63, 3.8) is 0 Å². The van der Waals surface area contributed by atoms with Gasteiger partial charge in [0.2, 0.25) is 0 Å². The van der Waals surface area contributed by atoms with Crippen LogP contribution in [0.5, 0.6) is 0 Å². The standard InChI is InChI=1S/C10H18N4/c1-4-11-7-5-6-9(2)10-8-12-13-14(10)3/h6,8,11H,4-5,7H2,1-3H3/b9-6-. The van der Waals surface area contributed by atoms with Crippen molar-refractivity contribution in [2.45, 2.75) is 20.3 Å². The van der Waals surface area contributed by atoms with Crippen LogP contribution in [0.15, 0.2) is 12.3 Å². The van der Waals surface area contributed by atoms with Crippen LogP contribution in [0.25, 0.3) is 5.57 Å². The largest absolute Gasteiger partial charge is 0.317 e. The third-order valence-electron chi connectivity index (χ3n) is 2.14. The molecule has 0 aliphatic heterocycles. The molecule has 0 atom stereocenters. The van der Waals surface area contributed by atoms with E-state index >= 15 is 0 Å². The fraction of sp³-hybridized carbons (Fsp3) is 0.600. The number of nitrogens with one attached hydrogen (secondary N) is 1. The summed E-state index contributed by atoms with van der Waals surface area (Å²) in [6, 6.07) is 0. The minimum Gasteiger partial charge on any atom is -0.317 e. The Balaban J connectivity index is 2.48. The van der Waals surface area contributed by atoms with Crippen molar-refractivity contribution >= 4 is 5.57 Å². The molecule has 0 aliphatic rings. The quantitative estimate of drug-likeness (QED) is 0.717. The highest BCUT2D eigenvalue weighted by molar-refractivity contribution is 5.59. The molecule has 78 valence electrons. The average Bonchev–Trinajstić information content (AvgIpc) is 2.59. The third kappa shape index (κ3) is 2.96. The van der Waals surface area contributed by atoms with Crippen LogP contribution < -0.4 is 5.32 Å². The van der Waals surface area contributed by atoms with E-state index in [0.29, 0.717) is 0 Å². The second-order valence-electron chi connectivity index (χ2n) is 3.27. The van der Waals surface area contributed by atoms with Gasteiger partial charge in [0.15, 0.2) is 0 Å². The maximum absolute atomic E-state index is 3.89. The number of aryl methyl sites for hydroxylation is 1. The summed E-state index contributed by atoms with van der Waals surface area (Å²) >= 11 is 0. The predicted octanol–water partition coefficient (Wildman–Crippen LogP) is 1.22. The first-order valence-electron chi connectivity index (χ1n) is 4.98. The van der Waals surface area contributed by atoms with E-state index in [0.717, 1.165) is 25.2 Å². The lowest BCUT2D eigenvalue weighted by Gasteiger charge is -2.01. The van der Waals surface area contributed by atoms with Crippen molar-refractivity contribution in [2.75, 3.05) is 13.1 Å². The normalized spacial score (nSPS) is 12.1. The van der Waals surface area contributed by atoms with Gasteiger partial charge >= 0.3 is 0 Å². The smallest absolute Gasteiger partial charge is 0.0835 e. The van der Waals surface area contributed by atoms with Crippen molar-refractivity contribution in [2.24, 2.45) is 7.05 Å². The summed E-state index contributed by atoms with van der Waals surface area (Å²) in [5.74, 6) is 0. The number of allylic oxidation sites excluding steroid dienone is 1. The van der Waals surface area contributed by atoms with Crippen LogP contribution in [-0.4, -0.2) is 28.1 Å². The maximum Gasteiger partial charge on any atom is 0.0835 e. The van der Waals surface area contributed by atoms with Crippen molar-refractivity contribution in [3.8, 4) is 0 Å². The summed E-state index contributed by atoms with van der Waals surface area (Å²) in [5.41, 5.74) is 2.32. The van der Waals surface area contributed by atoms with E-state index in [4.69, 9.17) is 0 Å². The molecular weight excluding hydrogens is 176 g/mol. The maximum atomic E-state index is 3.89.